The fraction of sp³-hybridized carbons (Fsp3) is 0.227. The number of allylic oxidation sites excluding steroid dienone is 6. The zero-order valence-corrected chi connectivity index (χ0v) is 18.5. The first-order valence-corrected chi connectivity index (χ1v) is 11.0. The molecule has 0 bridgehead atoms. The Morgan fingerprint density at radius 3 is 2.24 bits per heavy atom. The summed E-state index contributed by atoms with van der Waals surface area (Å²) in [6.45, 7) is 16.7. The number of nitrogens with zero attached hydrogens (tertiary/aromatic N) is 1. The molecule has 0 unspecified atom stereocenters. The van der Waals surface area contributed by atoms with Crippen molar-refractivity contribution in [3.8, 4) is 0 Å². The fourth-order valence-electron chi connectivity index (χ4n) is 2.23. The highest BCUT2D eigenvalue weighted by molar-refractivity contribution is 8.13. The van der Waals surface area contributed by atoms with Crippen molar-refractivity contribution in [2.75, 3.05) is 6.26 Å². The van der Waals surface area contributed by atoms with E-state index in [1.54, 1.807) is 48.1 Å². The van der Waals surface area contributed by atoms with Crippen molar-refractivity contribution in [1.29, 1.82) is 0 Å². The van der Waals surface area contributed by atoms with E-state index in [0.29, 0.717) is 29.4 Å². The van der Waals surface area contributed by atoms with Gasteiger partial charge >= 0.3 is 0 Å². The molecule has 2 amide bonds. The standard InChI is InChI=1S/C22H27N3O2S2/c1-7-11-13-17(9-3)24-19(26)22(14-15-22)20(27)25-21(28-6)23-16(5)18(12-8-2)29-10-4/h7-13H,1-2,4-5,14-15H2,3,6H3,(H,24,26)(H,23,25,27)/b13-11-,17-9+,18-12-. The van der Waals surface area contributed by atoms with Crippen LogP contribution in [-0.2, 0) is 9.59 Å². The van der Waals surface area contributed by atoms with E-state index in [4.69, 9.17) is 0 Å². The van der Waals surface area contributed by atoms with Crippen LogP contribution < -0.4 is 10.6 Å². The van der Waals surface area contributed by atoms with Crippen molar-refractivity contribution in [2.24, 2.45) is 10.4 Å². The van der Waals surface area contributed by atoms with Crippen LogP contribution in [0.1, 0.15) is 19.8 Å². The second-order valence-electron chi connectivity index (χ2n) is 5.95. The quantitative estimate of drug-likeness (QED) is 0.226. The van der Waals surface area contributed by atoms with Crippen LogP contribution in [-0.4, -0.2) is 23.2 Å². The van der Waals surface area contributed by atoms with Gasteiger partial charge in [-0.2, -0.15) is 0 Å². The number of carbonyl (C=O) groups is 2. The van der Waals surface area contributed by atoms with E-state index >= 15 is 0 Å². The molecule has 1 fully saturated rings. The third kappa shape index (κ3) is 7.11. The first-order valence-electron chi connectivity index (χ1n) is 8.89. The van der Waals surface area contributed by atoms with E-state index in [-0.39, 0.29) is 11.8 Å². The van der Waals surface area contributed by atoms with Crippen molar-refractivity contribution >= 4 is 40.5 Å². The monoisotopic (exact) mass is 429 g/mol. The molecule has 0 atom stereocenters. The summed E-state index contributed by atoms with van der Waals surface area (Å²) in [5.74, 6) is -0.699. The van der Waals surface area contributed by atoms with Gasteiger partial charge in [0.05, 0.1) is 5.70 Å². The molecule has 1 saturated carbocycles. The van der Waals surface area contributed by atoms with E-state index in [1.807, 2.05) is 6.92 Å². The van der Waals surface area contributed by atoms with Gasteiger partial charge in [0.25, 0.3) is 0 Å². The van der Waals surface area contributed by atoms with Gasteiger partial charge in [-0.25, -0.2) is 4.99 Å². The predicted octanol–water partition coefficient (Wildman–Crippen LogP) is 4.82. The molecule has 2 N–H and O–H groups in total. The molecular weight excluding hydrogens is 402 g/mol. The maximum absolute atomic E-state index is 12.8. The van der Waals surface area contributed by atoms with Crippen molar-refractivity contribution in [2.45, 2.75) is 19.8 Å². The SMILES string of the molecule is C=C/C=C\C(=C/C)NC(=O)C1(C(=O)N/C(=N/C(=C)/C(=C/C=C)SC=C)SC)CC1. The summed E-state index contributed by atoms with van der Waals surface area (Å²) in [4.78, 5) is 30.7. The second-order valence-corrected chi connectivity index (χ2v) is 7.75. The largest absolute Gasteiger partial charge is 0.325 e. The smallest absolute Gasteiger partial charge is 0.241 e. The topological polar surface area (TPSA) is 70.6 Å². The maximum atomic E-state index is 12.8. The van der Waals surface area contributed by atoms with Crippen molar-refractivity contribution in [3.05, 3.63) is 84.5 Å². The molecule has 1 aliphatic carbocycles. The van der Waals surface area contributed by atoms with Crippen LogP contribution in [0.4, 0.5) is 0 Å². The number of rotatable bonds is 10. The molecule has 0 aromatic heterocycles. The van der Waals surface area contributed by atoms with Crippen molar-refractivity contribution in [1.82, 2.24) is 10.6 Å². The highest BCUT2D eigenvalue weighted by Crippen LogP contribution is 2.46. The van der Waals surface area contributed by atoms with Crippen LogP contribution in [0.15, 0.2) is 89.5 Å². The first kappa shape index (κ1) is 24.5. The Bertz CT molecular complexity index is 816. The molecule has 29 heavy (non-hydrogen) atoms. The lowest BCUT2D eigenvalue weighted by Gasteiger charge is -2.16. The van der Waals surface area contributed by atoms with Gasteiger partial charge in [-0.05, 0) is 43.6 Å². The molecule has 0 saturated heterocycles. The summed E-state index contributed by atoms with van der Waals surface area (Å²) in [6.07, 6.45) is 13.0. The summed E-state index contributed by atoms with van der Waals surface area (Å²) < 4.78 is 0. The molecule has 0 radical (unpaired) electrons. The minimum absolute atomic E-state index is 0.328. The molecule has 0 aliphatic heterocycles. The van der Waals surface area contributed by atoms with Crippen LogP contribution in [0.2, 0.25) is 0 Å². The Balaban J connectivity index is 2.92. The third-order valence-corrected chi connectivity index (χ3v) is 5.39. The average molecular weight is 430 g/mol. The van der Waals surface area contributed by atoms with Gasteiger partial charge < -0.3 is 10.6 Å². The van der Waals surface area contributed by atoms with E-state index in [9.17, 15) is 9.59 Å². The van der Waals surface area contributed by atoms with Gasteiger partial charge in [0.1, 0.15) is 5.41 Å². The van der Waals surface area contributed by atoms with E-state index in [2.05, 4.69) is 41.9 Å². The van der Waals surface area contributed by atoms with Crippen molar-refractivity contribution in [3.63, 3.8) is 0 Å². The van der Waals surface area contributed by atoms with Gasteiger partial charge in [0, 0.05) is 10.6 Å². The highest BCUT2D eigenvalue weighted by Gasteiger charge is 2.56. The zero-order chi connectivity index (χ0) is 21.9. The number of aliphatic imine (C=N–C) groups is 1. The normalized spacial score (nSPS) is 16.1. The highest BCUT2D eigenvalue weighted by atomic mass is 32.2. The van der Waals surface area contributed by atoms with Gasteiger partial charge in [-0.15, -0.1) is 0 Å². The van der Waals surface area contributed by atoms with E-state index < -0.39 is 5.41 Å². The number of hydrogen-bond donors (Lipinski definition) is 2. The maximum Gasteiger partial charge on any atom is 0.241 e. The number of carbonyl (C=O) groups excluding carboxylic acids is 2. The predicted molar refractivity (Wildman–Crippen MR) is 127 cm³/mol. The summed E-state index contributed by atoms with van der Waals surface area (Å²) in [5.41, 5.74) is 0.00492. The summed E-state index contributed by atoms with van der Waals surface area (Å²) in [6, 6.07) is 0. The van der Waals surface area contributed by atoms with Gasteiger partial charge in [-0.3, -0.25) is 9.59 Å². The Morgan fingerprint density at radius 2 is 1.76 bits per heavy atom. The minimum Gasteiger partial charge on any atom is -0.325 e. The fourth-order valence-corrected chi connectivity index (χ4v) is 3.17. The van der Waals surface area contributed by atoms with Gasteiger partial charge in [0.15, 0.2) is 5.17 Å². The van der Waals surface area contributed by atoms with Gasteiger partial charge in [-0.1, -0.05) is 74.1 Å². The summed E-state index contributed by atoms with van der Waals surface area (Å²) in [5, 5.41) is 7.60. The molecule has 1 aliphatic rings. The number of thioether (sulfide) groups is 2. The Morgan fingerprint density at radius 1 is 1.10 bits per heavy atom. The second kappa shape index (κ2) is 12.1. The van der Waals surface area contributed by atoms with Crippen LogP contribution >= 0.6 is 23.5 Å². The molecule has 0 aromatic carbocycles. The summed E-state index contributed by atoms with van der Waals surface area (Å²) >= 11 is 2.63. The lowest BCUT2D eigenvalue weighted by atomic mass is 10.1. The Labute approximate surface area is 181 Å². The molecular formula is C22H27N3O2S2. The lowest BCUT2D eigenvalue weighted by Crippen LogP contribution is -2.44. The van der Waals surface area contributed by atoms with Gasteiger partial charge in [0.2, 0.25) is 11.8 Å². The molecule has 5 nitrogen and oxygen atoms in total. The van der Waals surface area contributed by atoms with Crippen LogP contribution in [0, 0.1) is 5.41 Å². The Kier molecular flexibility index (Phi) is 10.3. The van der Waals surface area contributed by atoms with E-state index in [1.165, 1.54) is 23.5 Å². The Hall–Kier alpha value is -2.51. The third-order valence-electron chi connectivity index (χ3n) is 4.01. The number of amides is 2. The zero-order valence-electron chi connectivity index (χ0n) is 16.9. The molecule has 1 rings (SSSR count). The number of amidine groups is 1. The van der Waals surface area contributed by atoms with Crippen molar-refractivity contribution < 1.29 is 9.59 Å². The minimum atomic E-state index is -1.08. The van der Waals surface area contributed by atoms with Crippen LogP contribution in [0.3, 0.4) is 0 Å². The molecule has 0 heterocycles. The number of hydrogen-bond acceptors (Lipinski definition) is 5. The molecule has 7 heteroatoms. The first-order chi connectivity index (χ1) is 13.9. The average Bonchev–Trinajstić information content (AvgIpc) is 3.52. The molecule has 0 aromatic rings. The van der Waals surface area contributed by atoms with E-state index in [0.717, 1.165) is 4.91 Å². The molecule has 0 spiro atoms. The lowest BCUT2D eigenvalue weighted by molar-refractivity contribution is -0.135. The summed E-state index contributed by atoms with van der Waals surface area (Å²) in [7, 11) is 0. The van der Waals surface area contributed by atoms with Crippen LogP contribution in [0.25, 0.3) is 0 Å². The van der Waals surface area contributed by atoms with Crippen LogP contribution in [0.5, 0.6) is 0 Å². The molecule has 154 valence electrons. The number of nitrogens with one attached hydrogen (secondary N) is 2.